The third kappa shape index (κ3) is 4.16. The van der Waals surface area contributed by atoms with Gasteiger partial charge in [-0.25, -0.2) is 0 Å². The summed E-state index contributed by atoms with van der Waals surface area (Å²) < 4.78 is 5.50. The number of carbonyl (C=O) groups excluding carboxylic acids is 2. The molecule has 1 aromatic carbocycles. The van der Waals surface area contributed by atoms with E-state index in [-0.39, 0.29) is 41.5 Å². The molecule has 0 aliphatic heterocycles. The number of hydrogen-bond donors (Lipinski definition) is 1. The van der Waals surface area contributed by atoms with Crippen LogP contribution in [0.2, 0.25) is 0 Å². The molecular formula is C28H40O4. The first-order valence-electron chi connectivity index (χ1n) is 12.6. The molecule has 0 spiro atoms. The molecule has 0 bridgehead atoms. The van der Waals surface area contributed by atoms with E-state index in [1.807, 2.05) is 13.8 Å². The van der Waals surface area contributed by atoms with Crippen molar-refractivity contribution >= 4 is 11.8 Å². The van der Waals surface area contributed by atoms with Crippen LogP contribution in [-0.2, 0) is 33.6 Å². The van der Waals surface area contributed by atoms with Gasteiger partial charge in [0.15, 0.2) is 0 Å². The van der Waals surface area contributed by atoms with Gasteiger partial charge in [0.25, 0.3) is 0 Å². The van der Waals surface area contributed by atoms with Crippen molar-refractivity contribution in [3.05, 3.63) is 34.4 Å². The van der Waals surface area contributed by atoms with E-state index in [9.17, 15) is 14.7 Å². The van der Waals surface area contributed by atoms with Crippen LogP contribution in [0.3, 0.4) is 0 Å². The lowest BCUT2D eigenvalue weighted by Crippen LogP contribution is -2.40. The number of fused-ring (bicyclic) bond motifs is 5. The van der Waals surface area contributed by atoms with Crippen LogP contribution >= 0.6 is 0 Å². The van der Waals surface area contributed by atoms with Gasteiger partial charge < -0.3 is 9.84 Å². The molecule has 3 aliphatic carbocycles. The Morgan fingerprint density at radius 3 is 2.56 bits per heavy atom. The normalized spacial score (nSPS) is 30.8. The van der Waals surface area contributed by atoms with Gasteiger partial charge in [0, 0.05) is 25.7 Å². The predicted octanol–water partition coefficient (Wildman–Crippen LogP) is 5.17. The van der Waals surface area contributed by atoms with Gasteiger partial charge >= 0.3 is 5.97 Å². The van der Waals surface area contributed by atoms with Crippen LogP contribution in [-0.4, -0.2) is 29.1 Å². The Morgan fingerprint density at radius 2 is 1.88 bits per heavy atom. The fourth-order valence-corrected chi connectivity index (χ4v) is 7.16. The van der Waals surface area contributed by atoms with E-state index in [0.717, 1.165) is 44.9 Å². The van der Waals surface area contributed by atoms with Crippen molar-refractivity contribution in [3.8, 4) is 0 Å². The zero-order valence-electron chi connectivity index (χ0n) is 20.4. The number of ether oxygens (including phenoxy) is 1. The summed E-state index contributed by atoms with van der Waals surface area (Å²) in [5, 5.41) is 10.9. The average molecular weight is 441 g/mol. The smallest absolute Gasteiger partial charge is 0.302 e. The minimum atomic E-state index is -0.548. The van der Waals surface area contributed by atoms with E-state index in [0.29, 0.717) is 11.8 Å². The number of hydrogen-bond acceptors (Lipinski definition) is 4. The molecule has 32 heavy (non-hydrogen) atoms. The van der Waals surface area contributed by atoms with Gasteiger partial charge in [0.1, 0.15) is 11.9 Å². The Bertz CT molecular complexity index is 888. The number of aliphatic hydroxyl groups is 1. The van der Waals surface area contributed by atoms with E-state index in [2.05, 4.69) is 26.0 Å². The van der Waals surface area contributed by atoms with Gasteiger partial charge in [-0.05, 0) is 83.9 Å². The molecule has 0 heterocycles. The molecule has 4 heteroatoms. The number of carbonyl (C=O) groups is 2. The van der Waals surface area contributed by atoms with Gasteiger partial charge in [-0.1, -0.05) is 39.8 Å². The molecule has 1 N–H and O–H groups in total. The lowest BCUT2D eigenvalue weighted by molar-refractivity contribution is -0.146. The summed E-state index contributed by atoms with van der Waals surface area (Å²) in [4.78, 5) is 23.6. The Balaban J connectivity index is 1.54. The van der Waals surface area contributed by atoms with Gasteiger partial charge in [-0.2, -0.15) is 0 Å². The zero-order valence-corrected chi connectivity index (χ0v) is 20.4. The van der Waals surface area contributed by atoms with Gasteiger partial charge in [-0.3, -0.25) is 9.59 Å². The third-order valence-electron chi connectivity index (χ3n) is 9.06. The summed E-state index contributed by atoms with van der Waals surface area (Å²) in [5.74, 6) is 1.07. The molecule has 176 valence electrons. The standard InChI is InChI=1S/C28H40O4/c1-16(2)26(30)15-27(31)17(3)24-10-11-25-23-8-6-19-14-20(32-18(4)29)7-9-21(19)22(23)12-13-28(24,25)5/h6,8,16-17,20,24-25,27,31H,7,9-15H2,1-5H3/t17-,20-,24+,25-,27?,28+/m0/s1. The summed E-state index contributed by atoms with van der Waals surface area (Å²) in [6.07, 6.45) is 7.02. The molecule has 0 aromatic heterocycles. The van der Waals surface area contributed by atoms with E-state index in [1.165, 1.54) is 23.6 Å². The molecule has 0 radical (unpaired) electrons. The summed E-state index contributed by atoms with van der Waals surface area (Å²) in [5.41, 5.74) is 6.11. The number of benzene rings is 1. The summed E-state index contributed by atoms with van der Waals surface area (Å²) >= 11 is 0. The first-order valence-corrected chi connectivity index (χ1v) is 12.6. The molecule has 4 nitrogen and oxygen atoms in total. The van der Waals surface area contributed by atoms with E-state index >= 15 is 0 Å². The van der Waals surface area contributed by atoms with Crippen LogP contribution in [0.15, 0.2) is 12.1 Å². The summed E-state index contributed by atoms with van der Waals surface area (Å²) in [7, 11) is 0. The van der Waals surface area contributed by atoms with Crippen molar-refractivity contribution in [2.24, 2.45) is 23.2 Å². The van der Waals surface area contributed by atoms with Crippen molar-refractivity contribution < 1.29 is 19.4 Å². The molecule has 1 saturated carbocycles. The first kappa shape index (κ1) is 23.5. The molecule has 0 saturated heterocycles. The van der Waals surface area contributed by atoms with Crippen LogP contribution in [0.5, 0.6) is 0 Å². The molecule has 0 amide bonds. The fourth-order valence-electron chi connectivity index (χ4n) is 7.16. The highest BCUT2D eigenvalue weighted by Crippen LogP contribution is 2.61. The molecular weight excluding hydrogens is 400 g/mol. The van der Waals surface area contributed by atoms with Gasteiger partial charge in [0.05, 0.1) is 6.10 Å². The Morgan fingerprint density at radius 1 is 1.12 bits per heavy atom. The van der Waals surface area contributed by atoms with Crippen molar-refractivity contribution in [2.45, 2.75) is 104 Å². The number of Topliss-reactive ketones (excluding diaryl/α,β-unsaturated/α-hetero) is 1. The second-order valence-corrected chi connectivity index (χ2v) is 11.2. The van der Waals surface area contributed by atoms with Crippen molar-refractivity contribution in [2.75, 3.05) is 0 Å². The first-order chi connectivity index (χ1) is 15.1. The predicted molar refractivity (Wildman–Crippen MR) is 126 cm³/mol. The van der Waals surface area contributed by atoms with Crippen LogP contribution in [0, 0.1) is 23.2 Å². The molecule has 4 rings (SSSR count). The monoisotopic (exact) mass is 440 g/mol. The van der Waals surface area contributed by atoms with Crippen LogP contribution < -0.4 is 0 Å². The molecule has 3 aliphatic rings. The van der Waals surface area contributed by atoms with Crippen LogP contribution in [0.25, 0.3) is 0 Å². The highest BCUT2D eigenvalue weighted by Gasteiger charge is 2.52. The zero-order chi connectivity index (χ0) is 23.2. The summed E-state index contributed by atoms with van der Waals surface area (Å²) in [6, 6.07) is 4.63. The van der Waals surface area contributed by atoms with Gasteiger partial charge in [0.2, 0.25) is 0 Å². The minimum absolute atomic E-state index is 0.0126. The van der Waals surface area contributed by atoms with E-state index < -0.39 is 6.10 Å². The third-order valence-corrected chi connectivity index (χ3v) is 9.06. The molecule has 1 aromatic rings. The lowest BCUT2D eigenvalue weighted by atomic mass is 9.59. The maximum Gasteiger partial charge on any atom is 0.302 e. The maximum absolute atomic E-state index is 12.2. The second kappa shape index (κ2) is 8.93. The number of ketones is 1. The van der Waals surface area contributed by atoms with Crippen molar-refractivity contribution in [1.29, 1.82) is 0 Å². The number of esters is 1. The number of aliphatic hydroxyl groups excluding tert-OH is 1. The van der Waals surface area contributed by atoms with Crippen molar-refractivity contribution in [1.82, 2.24) is 0 Å². The van der Waals surface area contributed by atoms with Crippen LogP contribution in [0.4, 0.5) is 0 Å². The highest BCUT2D eigenvalue weighted by molar-refractivity contribution is 5.80. The van der Waals surface area contributed by atoms with Crippen LogP contribution in [0.1, 0.15) is 94.9 Å². The quantitative estimate of drug-likeness (QED) is 0.620. The molecule has 6 atom stereocenters. The Kier molecular flexibility index (Phi) is 6.55. The average Bonchev–Trinajstić information content (AvgIpc) is 3.09. The number of rotatable bonds is 6. The Hall–Kier alpha value is -1.68. The lowest BCUT2D eigenvalue weighted by Gasteiger charge is -2.46. The summed E-state index contributed by atoms with van der Waals surface area (Å²) in [6.45, 7) is 9.92. The maximum atomic E-state index is 12.2. The highest BCUT2D eigenvalue weighted by atomic mass is 16.5. The largest absolute Gasteiger partial charge is 0.462 e. The topological polar surface area (TPSA) is 63.6 Å². The fraction of sp³-hybridized carbons (Fsp3) is 0.714. The van der Waals surface area contributed by atoms with Gasteiger partial charge in [-0.15, -0.1) is 0 Å². The Labute approximate surface area is 193 Å². The minimum Gasteiger partial charge on any atom is -0.462 e. The van der Waals surface area contributed by atoms with Crippen molar-refractivity contribution in [3.63, 3.8) is 0 Å². The van der Waals surface area contributed by atoms with E-state index in [4.69, 9.17) is 4.74 Å². The SMILES string of the molecule is CC(=O)O[C@H]1CCc2c(ccc3c2CC[C@]2(C)[C@@H]([C@H](C)C(O)CC(=O)C(C)C)CC[C@@H]32)C1. The molecule has 1 unspecified atom stereocenters. The van der Waals surface area contributed by atoms with E-state index in [1.54, 1.807) is 5.56 Å². The second-order valence-electron chi connectivity index (χ2n) is 11.2. The molecule has 1 fully saturated rings.